The summed E-state index contributed by atoms with van der Waals surface area (Å²) in [7, 11) is 0. The van der Waals surface area contributed by atoms with E-state index in [0.717, 1.165) is 18.4 Å². The summed E-state index contributed by atoms with van der Waals surface area (Å²) in [4.78, 5) is 48.6. The zero-order chi connectivity index (χ0) is 40.5. The SMILES string of the molecule is C[C@H]1C[C@@H]2[C@H]([C@@H](O)C[C@@]3(C)[C@H]2CC[C@]3(O)C(=O)CO)[C@@]2(C)C=CC(=O)C=C12.C[C@]12C=CC(=O)C=C1CC[C@H]1[C@@H]3C[C@@H](O)[C@](O)(C(=O)CO)[C@@]3(C)C[C@H](O)[C@@]12F.[NaH]. The number of hydrogen-bond acceptors (Lipinski definition) is 11. The molecular formula is C43H58FNaO11. The van der Waals surface area contributed by atoms with Gasteiger partial charge in [-0.05, 0) is 106 Å². The van der Waals surface area contributed by atoms with Gasteiger partial charge in [0, 0.05) is 33.5 Å². The molecule has 0 aromatic carbocycles. The molecule has 8 aliphatic rings. The zero-order valence-electron chi connectivity index (χ0n) is 32.4. The third kappa shape index (κ3) is 5.49. The normalized spacial score (nSPS) is 51.0. The molecule has 11 nitrogen and oxygen atoms in total. The number of allylic oxidation sites excluding steroid dienone is 8. The van der Waals surface area contributed by atoms with E-state index in [4.69, 9.17) is 0 Å². The van der Waals surface area contributed by atoms with Gasteiger partial charge in [-0.3, -0.25) is 19.2 Å². The summed E-state index contributed by atoms with van der Waals surface area (Å²) >= 11 is 0. The molecule has 0 saturated heterocycles. The Hall–Kier alpha value is -1.71. The maximum atomic E-state index is 16.8. The molecule has 0 aliphatic heterocycles. The van der Waals surface area contributed by atoms with Gasteiger partial charge in [-0.1, -0.05) is 51.0 Å². The Morgan fingerprint density at radius 2 is 1.43 bits per heavy atom. The van der Waals surface area contributed by atoms with Crippen LogP contribution >= 0.6 is 0 Å². The fourth-order valence-corrected chi connectivity index (χ4v) is 14.2. The summed E-state index contributed by atoms with van der Waals surface area (Å²) < 4.78 is 16.8. The van der Waals surface area contributed by atoms with E-state index in [1.165, 1.54) is 18.2 Å². The zero-order valence-corrected chi connectivity index (χ0v) is 32.4. The number of aliphatic hydroxyl groups is 7. The second-order valence-electron chi connectivity index (χ2n) is 19.1. The summed E-state index contributed by atoms with van der Waals surface area (Å²) in [6.07, 6.45) is 8.80. The maximum absolute atomic E-state index is 16.8. The molecule has 0 unspecified atom stereocenters. The quantitative estimate of drug-likeness (QED) is 0.204. The van der Waals surface area contributed by atoms with Crippen LogP contribution in [0.2, 0.25) is 0 Å². The average Bonchev–Trinajstić information content (AvgIpc) is 3.51. The summed E-state index contributed by atoms with van der Waals surface area (Å²) in [5.74, 6) is -2.46. The topological polar surface area (TPSA) is 210 Å². The Kier molecular flexibility index (Phi) is 11.1. The predicted molar refractivity (Wildman–Crippen MR) is 204 cm³/mol. The molecule has 8 aliphatic carbocycles. The van der Waals surface area contributed by atoms with Crippen LogP contribution in [0.3, 0.4) is 0 Å². The van der Waals surface area contributed by atoms with Gasteiger partial charge in [-0.15, -0.1) is 0 Å². The van der Waals surface area contributed by atoms with Crippen LogP contribution in [-0.4, -0.2) is 137 Å². The summed E-state index contributed by atoms with van der Waals surface area (Å²) in [5, 5.41) is 74.0. The summed E-state index contributed by atoms with van der Waals surface area (Å²) in [6.45, 7) is 7.82. The van der Waals surface area contributed by atoms with E-state index in [9.17, 15) is 54.9 Å². The van der Waals surface area contributed by atoms with Gasteiger partial charge in [-0.25, -0.2) is 4.39 Å². The van der Waals surface area contributed by atoms with E-state index in [2.05, 4.69) is 13.8 Å². The van der Waals surface area contributed by atoms with Crippen molar-refractivity contribution < 1.29 is 59.3 Å². The van der Waals surface area contributed by atoms with E-state index >= 15 is 4.39 Å². The first-order chi connectivity index (χ1) is 25.5. The van der Waals surface area contributed by atoms with Gasteiger partial charge in [0.1, 0.15) is 18.8 Å². The molecule has 6 fully saturated rings. The first kappa shape index (κ1) is 43.9. The van der Waals surface area contributed by atoms with Crippen LogP contribution in [0.15, 0.2) is 47.6 Å². The van der Waals surface area contributed by atoms with E-state index in [1.807, 2.05) is 13.0 Å². The number of fused-ring (bicyclic) bond motifs is 10. The van der Waals surface area contributed by atoms with Crippen LogP contribution in [0.5, 0.6) is 0 Å². The van der Waals surface area contributed by atoms with E-state index in [-0.39, 0.29) is 83.1 Å². The van der Waals surface area contributed by atoms with Gasteiger partial charge in [0.05, 0.1) is 18.3 Å². The molecule has 0 amide bonds. The fourth-order valence-electron chi connectivity index (χ4n) is 14.2. The number of Topliss-reactive ketones (excluding diaryl/α,β-unsaturated/α-hetero) is 2. The second-order valence-corrected chi connectivity index (χ2v) is 19.1. The molecule has 56 heavy (non-hydrogen) atoms. The van der Waals surface area contributed by atoms with Gasteiger partial charge in [0.2, 0.25) is 0 Å². The first-order valence-corrected chi connectivity index (χ1v) is 19.9. The minimum absolute atomic E-state index is 0. The summed E-state index contributed by atoms with van der Waals surface area (Å²) in [5.41, 5.74) is -7.71. The molecule has 13 heteroatoms. The molecule has 16 atom stereocenters. The van der Waals surface area contributed by atoms with E-state index in [1.54, 1.807) is 26.0 Å². The number of aliphatic hydroxyl groups excluding tert-OH is 5. The first-order valence-electron chi connectivity index (χ1n) is 19.9. The molecule has 304 valence electrons. The fraction of sp³-hybridized carbons (Fsp3) is 0.721. The number of hydrogen-bond donors (Lipinski definition) is 7. The Balaban J connectivity index is 0.000000187. The molecule has 8 rings (SSSR count). The Bertz CT molecular complexity index is 1830. The molecule has 0 aromatic rings. The molecule has 0 aromatic heterocycles. The van der Waals surface area contributed by atoms with Crippen molar-refractivity contribution in [2.45, 2.75) is 121 Å². The Morgan fingerprint density at radius 1 is 0.804 bits per heavy atom. The molecule has 0 radical (unpaired) electrons. The van der Waals surface area contributed by atoms with Crippen molar-refractivity contribution in [3.05, 3.63) is 47.6 Å². The predicted octanol–water partition coefficient (Wildman–Crippen LogP) is 1.78. The van der Waals surface area contributed by atoms with Crippen molar-refractivity contribution in [2.75, 3.05) is 13.2 Å². The van der Waals surface area contributed by atoms with Crippen molar-refractivity contribution in [1.82, 2.24) is 0 Å². The number of carbonyl (C=O) groups excluding carboxylic acids is 4. The third-order valence-corrected chi connectivity index (χ3v) is 17.0. The Morgan fingerprint density at radius 3 is 2.07 bits per heavy atom. The van der Waals surface area contributed by atoms with Crippen LogP contribution in [0.25, 0.3) is 0 Å². The van der Waals surface area contributed by atoms with E-state index in [0.29, 0.717) is 31.3 Å². The molecule has 0 spiro atoms. The van der Waals surface area contributed by atoms with Gasteiger partial charge >= 0.3 is 29.6 Å². The van der Waals surface area contributed by atoms with Gasteiger partial charge in [-0.2, -0.15) is 0 Å². The van der Waals surface area contributed by atoms with Crippen LogP contribution in [0.4, 0.5) is 4.39 Å². The standard InChI is InChI=1S/C22H30O5.C21H27FO6.Na.H/c1-12-8-14-15-5-7-22(27,18(26)11-23)21(15,3)10-17(25)19(14)20(2)6-4-13(24)9-16(12)20;1-18-6-5-12(24)7-11(18)3-4-13-14-8-15(25)21(28,17(27)10-23)19(14,2)9-16(26)20(13,18)22;;/h4,6,9,12,14-15,17,19,23,25,27H,5,7-8,10-11H2,1-3H3;5-7,13-16,23,25-26,28H,3-4,8-10H2,1-2H3;;/t12-,14-,15-,17-,19+,20-,21-,22-;13-,14-,15+,16-,18-,19-,20-,21-;;/m00../s1. The summed E-state index contributed by atoms with van der Waals surface area (Å²) in [6, 6.07) is 0. The minimum atomic E-state index is -2.23. The van der Waals surface area contributed by atoms with Crippen LogP contribution in [0.1, 0.15) is 86.0 Å². The van der Waals surface area contributed by atoms with Crippen molar-refractivity contribution in [3.8, 4) is 0 Å². The molecule has 7 N–H and O–H groups in total. The number of ketones is 4. The van der Waals surface area contributed by atoms with Crippen LogP contribution in [-0.2, 0) is 19.2 Å². The molecule has 0 heterocycles. The van der Waals surface area contributed by atoms with Crippen molar-refractivity contribution >= 4 is 52.7 Å². The van der Waals surface area contributed by atoms with Crippen LogP contribution in [0, 0.1) is 57.2 Å². The number of alkyl halides is 1. The average molecular weight is 793 g/mol. The van der Waals surface area contributed by atoms with Crippen molar-refractivity contribution in [3.63, 3.8) is 0 Å². The number of rotatable bonds is 4. The third-order valence-electron chi connectivity index (χ3n) is 17.0. The van der Waals surface area contributed by atoms with Gasteiger partial charge in [0.15, 0.2) is 34.4 Å². The molecule has 6 saturated carbocycles. The van der Waals surface area contributed by atoms with Gasteiger partial charge < -0.3 is 35.7 Å². The van der Waals surface area contributed by atoms with Crippen molar-refractivity contribution in [2.24, 2.45) is 57.2 Å². The second kappa shape index (κ2) is 14.2. The molecule has 0 bridgehead atoms. The Labute approximate surface area is 349 Å². The van der Waals surface area contributed by atoms with Crippen LogP contribution < -0.4 is 0 Å². The number of halogens is 1. The van der Waals surface area contributed by atoms with Gasteiger partial charge in [0.25, 0.3) is 0 Å². The number of carbonyl (C=O) groups is 4. The molecular weight excluding hydrogens is 734 g/mol. The monoisotopic (exact) mass is 792 g/mol. The van der Waals surface area contributed by atoms with Crippen molar-refractivity contribution in [1.29, 1.82) is 0 Å². The van der Waals surface area contributed by atoms with E-state index < -0.39 is 88.0 Å².